The summed E-state index contributed by atoms with van der Waals surface area (Å²) in [4.78, 5) is 12.6. The predicted octanol–water partition coefficient (Wildman–Crippen LogP) is 5.96. The molecule has 0 saturated heterocycles. The first kappa shape index (κ1) is 21.4. The van der Waals surface area contributed by atoms with Gasteiger partial charge in [-0.1, -0.05) is 32.9 Å². The number of benzene rings is 3. The second-order valence-electron chi connectivity index (χ2n) is 8.05. The maximum atomic E-state index is 13.0. The second-order valence-corrected chi connectivity index (χ2v) is 8.05. The van der Waals surface area contributed by atoms with Crippen molar-refractivity contribution in [1.29, 1.82) is 0 Å². The van der Waals surface area contributed by atoms with Crippen molar-refractivity contribution in [3.05, 3.63) is 89.2 Å². The summed E-state index contributed by atoms with van der Waals surface area (Å²) in [5.41, 5.74) is 3.04. The van der Waals surface area contributed by atoms with Crippen LogP contribution in [0.25, 0.3) is 0 Å². The van der Waals surface area contributed by atoms with E-state index in [1.165, 1.54) is 29.8 Å². The van der Waals surface area contributed by atoms with Gasteiger partial charge in [-0.15, -0.1) is 0 Å². The second kappa shape index (κ2) is 8.99. The maximum absolute atomic E-state index is 13.0. The smallest absolute Gasteiger partial charge is 0.255 e. The van der Waals surface area contributed by atoms with Gasteiger partial charge in [0.2, 0.25) is 0 Å². The standard InChI is InChI=1S/C25H26FNO3/c1-25(2,3)19-6-12-22(13-7-19)30-16-18-15-17(5-14-23(18)29-4)24(28)27-21-10-8-20(26)9-11-21/h5-15H,16H2,1-4H3,(H,27,28). The van der Waals surface area contributed by atoms with Crippen LogP contribution in [-0.2, 0) is 12.0 Å². The Hall–Kier alpha value is -3.34. The largest absolute Gasteiger partial charge is 0.496 e. The molecule has 0 spiro atoms. The Morgan fingerprint density at radius 3 is 2.23 bits per heavy atom. The third kappa shape index (κ3) is 5.38. The first-order chi connectivity index (χ1) is 14.3. The van der Waals surface area contributed by atoms with E-state index in [1.807, 2.05) is 12.1 Å². The predicted molar refractivity (Wildman–Crippen MR) is 117 cm³/mol. The molecule has 0 atom stereocenters. The first-order valence-electron chi connectivity index (χ1n) is 9.73. The number of nitrogens with one attached hydrogen (secondary N) is 1. The molecule has 156 valence electrons. The van der Waals surface area contributed by atoms with E-state index in [2.05, 4.69) is 38.2 Å². The number of amides is 1. The Kier molecular flexibility index (Phi) is 6.40. The van der Waals surface area contributed by atoms with Crippen molar-refractivity contribution in [3.8, 4) is 11.5 Å². The van der Waals surface area contributed by atoms with E-state index in [0.717, 1.165) is 11.3 Å². The van der Waals surface area contributed by atoms with E-state index in [4.69, 9.17) is 9.47 Å². The van der Waals surface area contributed by atoms with E-state index >= 15 is 0 Å². The fraction of sp³-hybridized carbons (Fsp3) is 0.240. The van der Waals surface area contributed by atoms with E-state index in [-0.39, 0.29) is 23.7 Å². The zero-order valence-electron chi connectivity index (χ0n) is 17.7. The molecule has 3 aromatic rings. The molecular formula is C25H26FNO3. The van der Waals surface area contributed by atoms with Gasteiger partial charge in [-0.2, -0.15) is 0 Å². The van der Waals surface area contributed by atoms with Crippen LogP contribution in [0.3, 0.4) is 0 Å². The van der Waals surface area contributed by atoms with Crippen LogP contribution >= 0.6 is 0 Å². The summed E-state index contributed by atoms with van der Waals surface area (Å²) in [6.07, 6.45) is 0. The van der Waals surface area contributed by atoms with E-state index in [0.29, 0.717) is 17.0 Å². The van der Waals surface area contributed by atoms with Crippen molar-refractivity contribution in [2.45, 2.75) is 32.8 Å². The summed E-state index contributed by atoms with van der Waals surface area (Å²) in [5, 5.41) is 2.76. The van der Waals surface area contributed by atoms with E-state index in [9.17, 15) is 9.18 Å². The third-order valence-electron chi connectivity index (χ3n) is 4.76. The Balaban J connectivity index is 1.72. The highest BCUT2D eigenvalue weighted by Crippen LogP contribution is 2.26. The Labute approximate surface area is 176 Å². The molecule has 30 heavy (non-hydrogen) atoms. The Morgan fingerprint density at radius 2 is 1.63 bits per heavy atom. The van der Waals surface area contributed by atoms with Gasteiger partial charge < -0.3 is 14.8 Å². The minimum Gasteiger partial charge on any atom is -0.496 e. The SMILES string of the molecule is COc1ccc(C(=O)Nc2ccc(F)cc2)cc1COc1ccc(C(C)(C)C)cc1. The lowest BCUT2D eigenvalue weighted by Crippen LogP contribution is -2.13. The van der Waals surface area contributed by atoms with E-state index in [1.54, 1.807) is 25.3 Å². The number of ether oxygens (including phenoxy) is 2. The van der Waals surface area contributed by atoms with Crippen molar-refractivity contribution in [2.24, 2.45) is 0 Å². The van der Waals surface area contributed by atoms with Crippen molar-refractivity contribution < 1.29 is 18.7 Å². The van der Waals surface area contributed by atoms with Crippen molar-refractivity contribution in [1.82, 2.24) is 0 Å². The fourth-order valence-electron chi connectivity index (χ4n) is 2.98. The van der Waals surface area contributed by atoms with Gasteiger partial charge in [-0.3, -0.25) is 4.79 Å². The molecule has 0 aromatic heterocycles. The summed E-state index contributed by atoms with van der Waals surface area (Å²) in [6.45, 7) is 6.75. The number of anilines is 1. The molecule has 0 aliphatic heterocycles. The van der Waals surface area contributed by atoms with Crippen LogP contribution in [0.4, 0.5) is 10.1 Å². The van der Waals surface area contributed by atoms with Gasteiger partial charge in [-0.25, -0.2) is 4.39 Å². The molecule has 0 saturated carbocycles. The van der Waals surface area contributed by atoms with Gasteiger partial charge in [0.05, 0.1) is 7.11 Å². The van der Waals surface area contributed by atoms with Gasteiger partial charge >= 0.3 is 0 Å². The summed E-state index contributed by atoms with van der Waals surface area (Å²) < 4.78 is 24.4. The van der Waals surface area contributed by atoms with Gasteiger partial charge in [-0.05, 0) is 65.6 Å². The lowest BCUT2D eigenvalue weighted by atomic mass is 9.87. The summed E-state index contributed by atoms with van der Waals surface area (Å²) >= 11 is 0. The van der Waals surface area contributed by atoms with Crippen LogP contribution in [0, 0.1) is 5.82 Å². The highest BCUT2D eigenvalue weighted by molar-refractivity contribution is 6.04. The average Bonchev–Trinajstić information content (AvgIpc) is 2.73. The van der Waals surface area contributed by atoms with Gasteiger partial charge in [0.1, 0.15) is 23.9 Å². The average molecular weight is 407 g/mol. The number of methoxy groups -OCH3 is 1. The van der Waals surface area contributed by atoms with Gasteiger partial charge in [0.25, 0.3) is 5.91 Å². The number of hydrogen-bond acceptors (Lipinski definition) is 3. The molecule has 1 amide bonds. The normalized spacial score (nSPS) is 11.1. The Bertz CT molecular complexity index is 1010. The lowest BCUT2D eigenvalue weighted by molar-refractivity contribution is 0.102. The molecule has 0 unspecified atom stereocenters. The monoisotopic (exact) mass is 407 g/mol. The zero-order valence-corrected chi connectivity index (χ0v) is 17.7. The highest BCUT2D eigenvalue weighted by atomic mass is 19.1. The first-order valence-corrected chi connectivity index (χ1v) is 9.73. The van der Waals surface area contributed by atoms with Crippen LogP contribution in [0.5, 0.6) is 11.5 Å². The molecule has 0 radical (unpaired) electrons. The minimum atomic E-state index is -0.354. The van der Waals surface area contributed by atoms with Crippen LogP contribution in [0.15, 0.2) is 66.7 Å². The molecule has 5 heteroatoms. The number of hydrogen-bond donors (Lipinski definition) is 1. The summed E-state index contributed by atoms with van der Waals surface area (Å²) in [7, 11) is 1.58. The summed E-state index contributed by atoms with van der Waals surface area (Å²) in [6, 6.07) is 18.8. The van der Waals surface area contributed by atoms with Crippen LogP contribution in [0.1, 0.15) is 42.3 Å². The van der Waals surface area contributed by atoms with Gasteiger partial charge in [0.15, 0.2) is 0 Å². The van der Waals surface area contributed by atoms with Crippen molar-refractivity contribution in [2.75, 3.05) is 12.4 Å². The summed E-state index contributed by atoms with van der Waals surface area (Å²) in [5.74, 6) is 0.735. The topological polar surface area (TPSA) is 47.6 Å². The molecule has 4 nitrogen and oxygen atoms in total. The minimum absolute atomic E-state index is 0.0773. The maximum Gasteiger partial charge on any atom is 0.255 e. The zero-order chi connectivity index (χ0) is 21.7. The van der Waals surface area contributed by atoms with Gasteiger partial charge in [0, 0.05) is 16.8 Å². The van der Waals surface area contributed by atoms with Crippen LogP contribution < -0.4 is 14.8 Å². The van der Waals surface area contributed by atoms with Crippen molar-refractivity contribution >= 4 is 11.6 Å². The number of carbonyl (C=O) groups excluding carboxylic acids is 1. The Morgan fingerprint density at radius 1 is 0.967 bits per heavy atom. The van der Waals surface area contributed by atoms with Crippen LogP contribution in [0.2, 0.25) is 0 Å². The molecule has 3 rings (SSSR count). The van der Waals surface area contributed by atoms with Crippen LogP contribution in [-0.4, -0.2) is 13.0 Å². The molecule has 0 bridgehead atoms. The number of rotatable bonds is 6. The molecule has 0 heterocycles. The fourth-order valence-corrected chi connectivity index (χ4v) is 2.98. The van der Waals surface area contributed by atoms with E-state index < -0.39 is 0 Å². The molecular weight excluding hydrogens is 381 g/mol. The van der Waals surface area contributed by atoms with Crippen molar-refractivity contribution in [3.63, 3.8) is 0 Å². The molecule has 0 fully saturated rings. The highest BCUT2D eigenvalue weighted by Gasteiger charge is 2.14. The third-order valence-corrected chi connectivity index (χ3v) is 4.76. The molecule has 0 aliphatic carbocycles. The molecule has 0 aliphatic rings. The number of carbonyl (C=O) groups is 1. The number of halogens is 1. The molecule has 3 aromatic carbocycles. The quantitative estimate of drug-likeness (QED) is 0.548. The molecule has 1 N–H and O–H groups in total. The lowest BCUT2D eigenvalue weighted by Gasteiger charge is -2.19.